The molecular formula is C55H34N4S. The maximum absolute atomic E-state index is 5.26. The Kier molecular flexibility index (Phi) is 8.00. The lowest BCUT2D eigenvalue weighted by atomic mass is 10.00. The van der Waals surface area contributed by atoms with Crippen LogP contribution in [0.2, 0.25) is 0 Å². The number of fused-ring (bicyclic) bond motifs is 8. The quantitative estimate of drug-likeness (QED) is 0.169. The lowest BCUT2D eigenvalue weighted by Gasteiger charge is -2.16. The Labute approximate surface area is 350 Å². The lowest BCUT2D eigenvalue weighted by molar-refractivity contribution is 1.07. The van der Waals surface area contributed by atoms with Crippen LogP contribution in [-0.4, -0.2) is 19.5 Å². The number of para-hydroxylation sites is 2. The Morgan fingerprint density at radius 3 is 1.60 bits per heavy atom. The number of benzene rings is 9. The Bertz CT molecular complexity index is 3550. The highest BCUT2D eigenvalue weighted by Gasteiger charge is 2.19. The summed E-state index contributed by atoms with van der Waals surface area (Å²) >= 11 is 1.87. The van der Waals surface area contributed by atoms with Crippen molar-refractivity contribution in [1.29, 1.82) is 0 Å². The largest absolute Gasteiger partial charge is 0.309 e. The van der Waals surface area contributed by atoms with Crippen molar-refractivity contribution in [1.82, 2.24) is 19.5 Å². The summed E-state index contributed by atoms with van der Waals surface area (Å²) in [6, 6.07) is 73.3. The zero-order chi connectivity index (χ0) is 39.6. The highest BCUT2D eigenvalue weighted by atomic mass is 32.1. The van der Waals surface area contributed by atoms with Crippen LogP contribution in [0.4, 0.5) is 0 Å². The fourth-order valence-electron chi connectivity index (χ4n) is 8.77. The fraction of sp³-hybridized carbons (Fsp3) is 0. The number of aromatic nitrogens is 4. The minimum absolute atomic E-state index is 0.616. The average molecular weight is 783 g/mol. The standard InChI is InChI=1S/C55H34N4S/c1-3-14-35(15-4-1)42-29-28-41(33-50(42)59-48-24-11-9-22-44(48)45-23-10-12-25-49(45)59)55-57-53(37-17-5-2-6-18-37)56-54(58-55)40-20-13-19-38(32-40)39-27-30-46-47-31-26-36-16-7-8-21-43(36)52(47)60-51(46)34-39/h1-34H. The van der Waals surface area contributed by atoms with Crippen LogP contribution in [0.15, 0.2) is 206 Å². The molecule has 12 rings (SSSR count). The van der Waals surface area contributed by atoms with E-state index < -0.39 is 0 Å². The molecule has 60 heavy (non-hydrogen) atoms. The van der Waals surface area contributed by atoms with Gasteiger partial charge in [-0.25, -0.2) is 15.0 Å². The third kappa shape index (κ3) is 5.70. The van der Waals surface area contributed by atoms with E-state index >= 15 is 0 Å². The molecule has 0 unspecified atom stereocenters. The third-order valence-corrected chi connectivity index (χ3v) is 12.8. The van der Waals surface area contributed by atoms with Gasteiger partial charge in [0.1, 0.15) is 0 Å². The van der Waals surface area contributed by atoms with Crippen molar-refractivity contribution in [2.75, 3.05) is 0 Å². The monoisotopic (exact) mass is 782 g/mol. The van der Waals surface area contributed by atoms with E-state index in [1.54, 1.807) is 0 Å². The van der Waals surface area contributed by atoms with Crippen LogP contribution in [0.1, 0.15) is 0 Å². The van der Waals surface area contributed by atoms with Crippen molar-refractivity contribution >= 4 is 64.1 Å². The van der Waals surface area contributed by atoms with E-state index in [-0.39, 0.29) is 0 Å². The van der Waals surface area contributed by atoms with Crippen molar-refractivity contribution in [2.24, 2.45) is 0 Å². The van der Waals surface area contributed by atoms with Crippen LogP contribution in [0, 0.1) is 0 Å². The second-order valence-corrected chi connectivity index (χ2v) is 16.2. The van der Waals surface area contributed by atoms with Gasteiger partial charge in [-0.05, 0) is 57.8 Å². The maximum Gasteiger partial charge on any atom is 0.164 e. The van der Waals surface area contributed by atoms with Crippen molar-refractivity contribution in [2.45, 2.75) is 0 Å². The SMILES string of the molecule is c1ccc(-c2nc(-c3cccc(-c4ccc5c(c4)sc4c6ccccc6ccc54)c3)nc(-c3ccc(-c4ccccc4)c(-n4c5ccccc5c5ccccc54)c3)n2)cc1. The molecule has 280 valence electrons. The molecule has 0 atom stereocenters. The number of thiophene rings is 1. The molecule has 5 heteroatoms. The molecule has 0 fully saturated rings. The smallest absolute Gasteiger partial charge is 0.164 e. The van der Waals surface area contributed by atoms with E-state index in [0.717, 1.165) is 55.7 Å². The summed E-state index contributed by atoms with van der Waals surface area (Å²) in [5.74, 6) is 1.87. The molecule has 0 aliphatic rings. The Morgan fingerprint density at radius 2 is 0.867 bits per heavy atom. The van der Waals surface area contributed by atoms with Crippen molar-refractivity contribution in [3.05, 3.63) is 206 Å². The van der Waals surface area contributed by atoms with Gasteiger partial charge in [-0.2, -0.15) is 0 Å². The van der Waals surface area contributed by atoms with Gasteiger partial charge in [-0.15, -0.1) is 11.3 Å². The molecule has 0 spiro atoms. The van der Waals surface area contributed by atoms with E-state index in [1.165, 1.54) is 41.7 Å². The molecule has 0 N–H and O–H groups in total. The molecule has 9 aromatic carbocycles. The predicted molar refractivity (Wildman–Crippen MR) is 252 cm³/mol. The van der Waals surface area contributed by atoms with Gasteiger partial charge in [0.05, 0.1) is 16.7 Å². The Hall–Kier alpha value is -7.73. The van der Waals surface area contributed by atoms with Gasteiger partial charge in [0.25, 0.3) is 0 Å². The van der Waals surface area contributed by atoms with Gasteiger partial charge in [-0.3, -0.25) is 0 Å². The first-order valence-electron chi connectivity index (χ1n) is 20.2. The van der Waals surface area contributed by atoms with Crippen LogP contribution in [0.3, 0.4) is 0 Å². The maximum atomic E-state index is 5.26. The summed E-state index contributed by atoms with van der Waals surface area (Å²) in [5, 5.41) is 7.59. The minimum atomic E-state index is 0.616. The summed E-state index contributed by atoms with van der Waals surface area (Å²) in [4.78, 5) is 15.6. The first-order valence-corrected chi connectivity index (χ1v) is 21.0. The van der Waals surface area contributed by atoms with E-state index in [2.05, 4.69) is 193 Å². The molecule has 0 radical (unpaired) electrons. The molecule has 0 saturated heterocycles. The van der Waals surface area contributed by atoms with Gasteiger partial charge in [0.15, 0.2) is 17.5 Å². The van der Waals surface area contributed by atoms with Crippen LogP contribution >= 0.6 is 11.3 Å². The number of rotatable bonds is 6. The molecule has 0 bridgehead atoms. The third-order valence-electron chi connectivity index (χ3n) is 11.6. The molecule has 3 aromatic heterocycles. The highest BCUT2D eigenvalue weighted by Crippen LogP contribution is 2.41. The first kappa shape index (κ1) is 34.3. The zero-order valence-corrected chi connectivity index (χ0v) is 33.1. The van der Waals surface area contributed by atoms with Crippen molar-refractivity contribution in [3.8, 4) is 62.1 Å². The minimum Gasteiger partial charge on any atom is -0.309 e. The molecule has 0 amide bonds. The molecule has 12 aromatic rings. The second-order valence-electron chi connectivity index (χ2n) is 15.2. The summed E-state index contributed by atoms with van der Waals surface area (Å²) in [7, 11) is 0. The van der Waals surface area contributed by atoms with E-state index in [0.29, 0.717) is 17.5 Å². The van der Waals surface area contributed by atoms with Crippen molar-refractivity contribution in [3.63, 3.8) is 0 Å². The predicted octanol–water partition coefficient (Wildman–Crippen LogP) is 14.8. The van der Waals surface area contributed by atoms with Crippen molar-refractivity contribution < 1.29 is 0 Å². The molecule has 3 heterocycles. The second kappa shape index (κ2) is 14.0. The summed E-state index contributed by atoms with van der Waals surface area (Å²) in [6.45, 7) is 0. The van der Waals surface area contributed by atoms with E-state index in [1.807, 2.05) is 29.5 Å². The molecular weight excluding hydrogens is 749 g/mol. The topological polar surface area (TPSA) is 43.6 Å². The van der Waals surface area contributed by atoms with Gasteiger partial charge in [0.2, 0.25) is 0 Å². The van der Waals surface area contributed by atoms with Gasteiger partial charge >= 0.3 is 0 Å². The van der Waals surface area contributed by atoms with E-state index in [9.17, 15) is 0 Å². The van der Waals surface area contributed by atoms with Crippen LogP contribution in [-0.2, 0) is 0 Å². The molecule has 0 aliphatic carbocycles. The van der Waals surface area contributed by atoms with Gasteiger partial charge in [0, 0.05) is 53.2 Å². The average Bonchev–Trinajstić information content (AvgIpc) is 3.88. The van der Waals surface area contributed by atoms with E-state index in [4.69, 9.17) is 15.0 Å². The highest BCUT2D eigenvalue weighted by molar-refractivity contribution is 7.26. The Morgan fingerprint density at radius 1 is 0.333 bits per heavy atom. The lowest BCUT2D eigenvalue weighted by Crippen LogP contribution is -2.02. The van der Waals surface area contributed by atoms with Crippen LogP contribution in [0.5, 0.6) is 0 Å². The van der Waals surface area contributed by atoms with Gasteiger partial charge < -0.3 is 4.57 Å². The summed E-state index contributed by atoms with van der Waals surface area (Å²) in [5.41, 5.74) is 10.7. The fourth-order valence-corrected chi connectivity index (χ4v) is 10.0. The van der Waals surface area contributed by atoms with Crippen LogP contribution in [0.25, 0.3) is 115 Å². The van der Waals surface area contributed by atoms with Crippen LogP contribution < -0.4 is 0 Å². The molecule has 4 nitrogen and oxygen atoms in total. The normalized spacial score (nSPS) is 11.7. The summed E-state index contributed by atoms with van der Waals surface area (Å²) in [6.07, 6.45) is 0. The summed E-state index contributed by atoms with van der Waals surface area (Å²) < 4.78 is 4.99. The van der Waals surface area contributed by atoms with Gasteiger partial charge in [-0.1, -0.05) is 176 Å². The molecule has 0 aliphatic heterocycles. The molecule has 0 saturated carbocycles. The number of hydrogen-bond acceptors (Lipinski definition) is 4. The first-order chi connectivity index (χ1) is 29.7. The Balaban J connectivity index is 1.02. The zero-order valence-electron chi connectivity index (χ0n) is 32.3. The number of nitrogens with zero attached hydrogens (tertiary/aromatic N) is 4. The number of hydrogen-bond donors (Lipinski definition) is 0.